The number of ether oxygens (including phenoxy) is 2. The minimum absolute atomic E-state index is 0.182. The van der Waals surface area contributed by atoms with Crippen molar-refractivity contribution >= 4 is 39.6 Å². The number of anilines is 1. The summed E-state index contributed by atoms with van der Waals surface area (Å²) < 4.78 is 17.3. The molecule has 0 atom stereocenters. The van der Waals surface area contributed by atoms with E-state index in [0.717, 1.165) is 24.0 Å². The number of halogens is 1. The van der Waals surface area contributed by atoms with E-state index in [1.807, 2.05) is 42.5 Å². The first-order valence-corrected chi connectivity index (χ1v) is 9.42. The molecule has 1 fully saturated rings. The lowest BCUT2D eigenvalue weighted by atomic mass is 10.2. The summed E-state index contributed by atoms with van der Waals surface area (Å²) >= 11 is 6.18. The van der Waals surface area contributed by atoms with Gasteiger partial charge in [-0.2, -0.15) is 9.97 Å². The maximum Gasteiger partial charge on any atom is 0.232 e. The van der Waals surface area contributed by atoms with Gasteiger partial charge in [0.25, 0.3) is 0 Å². The lowest BCUT2D eigenvalue weighted by Gasteiger charge is -2.27. The van der Waals surface area contributed by atoms with Crippen LogP contribution in [0.4, 0.5) is 5.82 Å². The number of fused-ring (bicyclic) bond motifs is 3. The molecule has 0 amide bonds. The highest BCUT2D eigenvalue weighted by Gasteiger charge is 2.22. The van der Waals surface area contributed by atoms with E-state index in [4.69, 9.17) is 25.5 Å². The van der Waals surface area contributed by atoms with Crippen LogP contribution in [0.1, 0.15) is 5.56 Å². The van der Waals surface area contributed by atoms with E-state index in [9.17, 15) is 0 Å². The molecule has 4 heterocycles. The number of aromatic nitrogens is 3. The lowest BCUT2D eigenvalue weighted by Crippen LogP contribution is -2.36. The van der Waals surface area contributed by atoms with Gasteiger partial charge in [0.2, 0.25) is 16.9 Å². The second-order valence-corrected chi connectivity index (χ2v) is 6.81. The maximum absolute atomic E-state index is 6.18. The smallest absolute Gasteiger partial charge is 0.232 e. The molecule has 0 unspecified atom stereocenters. The number of hydrogen-bond acceptors (Lipinski definition) is 7. The molecule has 0 saturated carbocycles. The van der Waals surface area contributed by atoms with E-state index >= 15 is 0 Å². The quantitative estimate of drug-likeness (QED) is 0.485. The Morgan fingerprint density at radius 2 is 1.82 bits per heavy atom. The molecule has 0 N–H and O–H groups in total. The highest BCUT2D eigenvalue weighted by molar-refractivity contribution is 6.29. The first-order chi connectivity index (χ1) is 13.8. The van der Waals surface area contributed by atoms with Crippen LogP contribution >= 0.6 is 11.6 Å². The van der Waals surface area contributed by atoms with Crippen LogP contribution in [0.25, 0.3) is 22.2 Å². The van der Waals surface area contributed by atoms with Gasteiger partial charge in [0.15, 0.2) is 11.4 Å². The molecule has 0 aliphatic carbocycles. The van der Waals surface area contributed by atoms with Crippen LogP contribution in [0.15, 0.2) is 46.9 Å². The van der Waals surface area contributed by atoms with E-state index in [1.54, 1.807) is 0 Å². The van der Waals surface area contributed by atoms with Crippen LogP contribution < -0.4 is 9.64 Å². The molecule has 3 aromatic heterocycles. The highest BCUT2D eigenvalue weighted by atomic mass is 35.5. The fraction of sp³-hybridized carbons (Fsp3) is 0.250. The number of benzene rings is 1. The number of pyridine rings is 1. The summed E-state index contributed by atoms with van der Waals surface area (Å²) in [4.78, 5) is 15.3. The molecule has 1 saturated heterocycles. The van der Waals surface area contributed by atoms with Gasteiger partial charge in [-0.25, -0.2) is 4.98 Å². The van der Waals surface area contributed by atoms with Crippen LogP contribution in [0.5, 0.6) is 5.88 Å². The fourth-order valence-electron chi connectivity index (χ4n) is 3.27. The van der Waals surface area contributed by atoms with Gasteiger partial charge in [0.1, 0.15) is 12.1 Å². The molecule has 1 aliphatic rings. The lowest BCUT2D eigenvalue weighted by molar-refractivity contribution is 0.122. The normalized spacial score (nSPS) is 14.7. The molecule has 0 spiro atoms. The zero-order valence-electron chi connectivity index (χ0n) is 15.0. The third-order valence-electron chi connectivity index (χ3n) is 4.65. The molecule has 5 rings (SSSR count). The topological polar surface area (TPSA) is 73.5 Å². The van der Waals surface area contributed by atoms with Crippen molar-refractivity contribution in [2.45, 2.75) is 6.61 Å². The standard InChI is InChI=1S/C20H17ClN4O3/c21-20-23-16-14-6-7-15(27-12-13-4-2-1-3-5-13)22-19(14)28-17(16)18(24-20)25-8-10-26-11-9-25/h1-7H,8-12H2. The number of hydrogen-bond donors (Lipinski definition) is 0. The summed E-state index contributed by atoms with van der Waals surface area (Å²) in [6, 6.07) is 13.6. The number of rotatable bonds is 4. The largest absolute Gasteiger partial charge is 0.473 e. The molecule has 1 aromatic carbocycles. The predicted molar refractivity (Wildman–Crippen MR) is 106 cm³/mol. The van der Waals surface area contributed by atoms with Crippen molar-refractivity contribution in [3.8, 4) is 5.88 Å². The molecular formula is C20H17ClN4O3. The van der Waals surface area contributed by atoms with Crippen molar-refractivity contribution in [1.82, 2.24) is 15.0 Å². The van der Waals surface area contributed by atoms with Crippen molar-refractivity contribution < 1.29 is 13.9 Å². The Morgan fingerprint density at radius 1 is 1.00 bits per heavy atom. The Morgan fingerprint density at radius 3 is 2.64 bits per heavy atom. The molecule has 8 heteroatoms. The van der Waals surface area contributed by atoms with Gasteiger partial charge in [-0.1, -0.05) is 30.3 Å². The van der Waals surface area contributed by atoms with Crippen molar-refractivity contribution in [2.75, 3.05) is 31.2 Å². The minimum Gasteiger partial charge on any atom is -0.473 e. The SMILES string of the molecule is Clc1nc(N2CCOCC2)c2oc3nc(OCc4ccccc4)ccc3c2n1. The Bertz CT molecular complexity index is 1130. The predicted octanol–water partition coefficient (Wildman–Crippen LogP) is 3.84. The second kappa shape index (κ2) is 7.26. The van der Waals surface area contributed by atoms with E-state index < -0.39 is 0 Å². The third-order valence-corrected chi connectivity index (χ3v) is 4.82. The number of nitrogens with zero attached hydrogens (tertiary/aromatic N) is 4. The second-order valence-electron chi connectivity index (χ2n) is 6.47. The first-order valence-electron chi connectivity index (χ1n) is 9.04. The maximum atomic E-state index is 6.18. The monoisotopic (exact) mass is 396 g/mol. The Hall–Kier alpha value is -2.90. The van der Waals surface area contributed by atoms with Crippen LogP contribution in [0.2, 0.25) is 5.28 Å². The molecule has 142 valence electrons. The van der Waals surface area contributed by atoms with Gasteiger partial charge in [0, 0.05) is 19.2 Å². The summed E-state index contributed by atoms with van der Waals surface area (Å²) in [5, 5.41) is 0.960. The van der Waals surface area contributed by atoms with Crippen molar-refractivity contribution in [3.63, 3.8) is 0 Å². The summed E-state index contributed by atoms with van der Waals surface area (Å²) in [5.74, 6) is 1.16. The van der Waals surface area contributed by atoms with Gasteiger partial charge in [-0.3, -0.25) is 0 Å². The Labute approximate surface area is 165 Å². The number of morpholine rings is 1. The molecule has 4 aromatic rings. The van der Waals surface area contributed by atoms with Gasteiger partial charge >= 0.3 is 0 Å². The molecule has 28 heavy (non-hydrogen) atoms. The molecule has 7 nitrogen and oxygen atoms in total. The fourth-order valence-corrected chi connectivity index (χ4v) is 3.43. The Balaban J connectivity index is 1.52. The molecule has 1 aliphatic heterocycles. The first kappa shape index (κ1) is 17.2. The average Bonchev–Trinajstić information content (AvgIpc) is 3.10. The van der Waals surface area contributed by atoms with E-state index in [1.165, 1.54) is 0 Å². The summed E-state index contributed by atoms with van der Waals surface area (Å²) in [5.41, 5.74) is 2.75. The van der Waals surface area contributed by atoms with Gasteiger partial charge in [-0.05, 0) is 23.2 Å². The van der Waals surface area contributed by atoms with Crippen molar-refractivity contribution in [2.24, 2.45) is 0 Å². The van der Waals surface area contributed by atoms with Crippen LogP contribution in [0.3, 0.4) is 0 Å². The van der Waals surface area contributed by atoms with Crippen molar-refractivity contribution in [1.29, 1.82) is 0 Å². The van der Waals surface area contributed by atoms with Crippen LogP contribution in [0, 0.1) is 0 Å². The zero-order chi connectivity index (χ0) is 18.9. The molecule has 0 bridgehead atoms. The zero-order valence-corrected chi connectivity index (χ0v) is 15.7. The molecule has 0 radical (unpaired) electrons. The van der Waals surface area contributed by atoms with Gasteiger partial charge < -0.3 is 18.8 Å². The number of furan rings is 1. The molecular weight excluding hydrogens is 380 g/mol. The van der Waals surface area contributed by atoms with Gasteiger partial charge in [0.05, 0.1) is 18.6 Å². The van der Waals surface area contributed by atoms with Crippen LogP contribution in [-0.2, 0) is 11.3 Å². The summed E-state index contributed by atoms with van der Waals surface area (Å²) in [6.07, 6.45) is 0. The average molecular weight is 397 g/mol. The minimum atomic E-state index is 0.182. The van der Waals surface area contributed by atoms with E-state index in [0.29, 0.717) is 48.3 Å². The summed E-state index contributed by atoms with van der Waals surface area (Å²) in [6.45, 7) is 3.15. The summed E-state index contributed by atoms with van der Waals surface area (Å²) in [7, 11) is 0. The Kier molecular flexibility index (Phi) is 4.46. The highest BCUT2D eigenvalue weighted by Crippen LogP contribution is 2.34. The third kappa shape index (κ3) is 3.23. The van der Waals surface area contributed by atoms with Crippen molar-refractivity contribution in [3.05, 3.63) is 53.3 Å². The van der Waals surface area contributed by atoms with E-state index in [-0.39, 0.29) is 5.28 Å². The van der Waals surface area contributed by atoms with E-state index in [2.05, 4.69) is 19.9 Å². The van der Waals surface area contributed by atoms with Gasteiger partial charge in [-0.15, -0.1) is 0 Å². The van der Waals surface area contributed by atoms with Crippen LogP contribution in [-0.4, -0.2) is 41.3 Å².